The Balaban J connectivity index is 1.19. The summed E-state index contributed by atoms with van der Waals surface area (Å²) in [5, 5.41) is 12.2. The van der Waals surface area contributed by atoms with E-state index in [0.29, 0.717) is 44.8 Å². The van der Waals surface area contributed by atoms with Gasteiger partial charge >= 0.3 is 12.1 Å². The van der Waals surface area contributed by atoms with Gasteiger partial charge in [-0.1, -0.05) is 36.4 Å². The lowest BCUT2D eigenvalue weighted by Crippen LogP contribution is -2.56. The molecule has 0 bridgehead atoms. The number of nitrogens with zero attached hydrogens (tertiary/aromatic N) is 7. The number of anilines is 2. The molecule has 10 nitrogen and oxygen atoms in total. The van der Waals surface area contributed by atoms with E-state index in [1.807, 2.05) is 20.8 Å². The van der Waals surface area contributed by atoms with Crippen molar-refractivity contribution in [3.63, 3.8) is 0 Å². The van der Waals surface area contributed by atoms with Gasteiger partial charge in [0.25, 0.3) is 0 Å². The summed E-state index contributed by atoms with van der Waals surface area (Å²) in [6.45, 7) is 10.4. The Morgan fingerprint density at radius 3 is 2.60 bits per heavy atom. The van der Waals surface area contributed by atoms with Gasteiger partial charge in [0.05, 0.1) is 37.4 Å². The van der Waals surface area contributed by atoms with Gasteiger partial charge in [-0.3, -0.25) is 0 Å². The van der Waals surface area contributed by atoms with Crippen LogP contribution >= 0.6 is 0 Å². The molecule has 0 N–H and O–H groups in total. The van der Waals surface area contributed by atoms with E-state index in [-0.39, 0.29) is 24.0 Å². The highest BCUT2D eigenvalue weighted by molar-refractivity contribution is 5.94. The Kier molecular flexibility index (Phi) is 8.37. The van der Waals surface area contributed by atoms with Crippen molar-refractivity contribution in [3.05, 3.63) is 53.7 Å². The molecule has 47 heavy (non-hydrogen) atoms. The predicted octanol–water partition coefficient (Wildman–Crippen LogP) is 5.79. The first-order chi connectivity index (χ1) is 22.6. The summed E-state index contributed by atoms with van der Waals surface area (Å²) in [5.41, 5.74) is 2.89. The van der Waals surface area contributed by atoms with Crippen molar-refractivity contribution in [2.45, 2.75) is 83.5 Å². The SMILES string of the molecule is CN1CCC[C@@H]1C1(COc2nc3c(c(N4CCN(C(=O)OC(C)(C)C)[C@@H](CC#N)C4)n2)CCN(c2cccc4ccccc24)C3)CC1. The highest BCUT2D eigenvalue weighted by Crippen LogP contribution is 2.53. The van der Waals surface area contributed by atoms with E-state index in [9.17, 15) is 10.1 Å². The highest BCUT2D eigenvalue weighted by Gasteiger charge is 2.52. The second-order valence-electron chi connectivity index (χ2n) is 14.9. The van der Waals surface area contributed by atoms with Crippen LogP contribution in [-0.4, -0.2) is 89.9 Å². The average molecular weight is 638 g/mol. The Hall–Kier alpha value is -4.10. The van der Waals surface area contributed by atoms with Crippen molar-refractivity contribution in [2.24, 2.45) is 5.41 Å². The van der Waals surface area contributed by atoms with Gasteiger partial charge in [0.2, 0.25) is 0 Å². The Bertz CT molecular complexity index is 1670. The van der Waals surface area contributed by atoms with Crippen molar-refractivity contribution in [3.8, 4) is 12.1 Å². The zero-order valence-electron chi connectivity index (χ0n) is 28.2. The van der Waals surface area contributed by atoms with Crippen LogP contribution in [0.4, 0.5) is 16.3 Å². The maximum absolute atomic E-state index is 13.1. The zero-order chi connectivity index (χ0) is 32.8. The molecule has 2 saturated heterocycles. The maximum Gasteiger partial charge on any atom is 0.410 e. The van der Waals surface area contributed by atoms with Crippen LogP contribution in [0.15, 0.2) is 42.5 Å². The van der Waals surface area contributed by atoms with E-state index in [0.717, 1.165) is 36.6 Å². The lowest BCUT2D eigenvalue weighted by molar-refractivity contribution is 0.0144. The van der Waals surface area contributed by atoms with Crippen molar-refractivity contribution in [2.75, 3.05) is 56.2 Å². The number of nitriles is 1. The standard InChI is InChI=1S/C37H47N7O3/c1-36(2,3)47-35(45)44-22-21-43(23-27(44)14-18-38)33-29-15-20-42(31-12-7-10-26-9-5-6-11-28(26)31)24-30(29)39-34(40-33)46-25-37(16-17-37)32-13-8-19-41(32)4/h5-7,9-12,27,32H,8,13-17,19-25H2,1-4H3/t27-,32+/m0/s1. The summed E-state index contributed by atoms with van der Waals surface area (Å²) in [6, 6.07) is 18.0. The third-order valence-corrected chi connectivity index (χ3v) is 10.5. The number of carbonyl (C=O) groups excluding carboxylic acids is 1. The van der Waals surface area contributed by atoms with Crippen LogP contribution in [0.5, 0.6) is 6.01 Å². The van der Waals surface area contributed by atoms with Gasteiger partial charge in [0.15, 0.2) is 0 Å². The molecule has 7 rings (SSSR count). The first-order valence-corrected chi connectivity index (χ1v) is 17.2. The fourth-order valence-corrected chi connectivity index (χ4v) is 7.92. The lowest BCUT2D eigenvalue weighted by atomic mass is 9.95. The number of piperazine rings is 1. The zero-order valence-corrected chi connectivity index (χ0v) is 28.2. The van der Waals surface area contributed by atoms with Gasteiger partial charge < -0.3 is 29.1 Å². The Labute approximate surface area is 278 Å². The van der Waals surface area contributed by atoms with Gasteiger partial charge in [0, 0.05) is 54.3 Å². The van der Waals surface area contributed by atoms with E-state index >= 15 is 0 Å². The van der Waals surface area contributed by atoms with Crippen LogP contribution in [0.2, 0.25) is 0 Å². The smallest absolute Gasteiger partial charge is 0.410 e. The molecule has 1 amide bonds. The summed E-state index contributed by atoms with van der Waals surface area (Å²) in [4.78, 5) is 32.2. The Morgan fingerprint density at radius 1 is 1.04 bits per heavy atom. The quantitative estimate of drug-likeness (QED) is 0.319. The number of benzene rings is 2. The van der Waals surface area contributed by atoms with Crippen molar-refractivity contribution in [1.29, 1.82) is 5.26 Å². The molecule has 4 heterocycles. The first kappa shape index (κ1) is 31.5. The summed E-state index contributed by atoms with van der Waals surface area (Å²) < 4.78 is 12.3. The van der Waals surface area contributed by atoms with Crippen LogP contribution in [-0.2, 0) is 17.7 Å². The number of aromatic nitrogens is 2. The Morgan fingerprint density at radius 2 is 1.85 bits per heavy atom. The lowest BCUT2D eigenvalue weighted by Gasteiger charge is -2.42. The van der Waals surface area contributed by atoms with Gasteiger partial charge in [-0.25, -0.2) is 4.79 Å². The number of fused-ring (bicyclic) bond motifs is 2. The van der Waals surface area contributed by atoms with Gasteiger partial charge in [-0.05, 0) is 77.9 Å². The average Bonchev–Trinajstić information content (AvgIpc) is 3.72. The van der Waals surface area contributed by atoms with E-state index in [2.05, 4.69) is 70.3 Å². The van der Waals surface area contributed by atoms with E-state index in [4.69, 9.17) is 19.4 Å². The summed E-state index contributed by atoms with van der Waals surface area (Å²) in [5.74, 6) is 0.872. The van der Waals surface area contributed by atoms with E-state index in [1.165, 1.54) is 42.1 Å². The predicted molar refractivity (Wildman–Crippen MR) is 183 cm³/mol. The number of ether oxygens (including phenoxy) is 2. The molecule has 0 radical (unpaired) electrons. The monoisotopic (exact) mass is 637 g/mol. The van der Waals surface area contributed by atoms with Crippen LogP contribution in [0.3, 0.4) is 0 Å². The molecule has 2 atom stereocenters. The van der Waals surface area contributed by atoms with Crippen LogP contribution in [0.25, 0.3) is 10.8 Å². The normalized spacial score (nSPS) is 22.6. The molecule has 10 heteroatoms. The van der Waals surface area contributed by atoms with Crippen molar-refractivity contribution in [1.82, 2.24) is 19.8 Å². The number of likely N-dealkylation sites (tertiary alicyclic amines) is 1. The van der Waals surface area contributed by atoms with Crippen LogP contribution in [0, 0.1) is 16.7 Å². The minimum atomic E-state index is -0.606. The molecule has 0 unspecified atom stereocenters. The number of hydrogen-bond acceptors (Lipinski definition) is 9. The molecule has 1 aromatic heterocycles. The van der Waals surface area contributed by atoms with Gasteiger partial charge in [-0.2, -0.15) is 15.2 Å². The molecular formula is C37H47N7O3. The molecule has 3 aromatic rings. The molecule has 3 fully saturated rings. The second kappa shape index (κ2) is 12.5. The van der Waals surface area contributed by atoms with Crippen LogP contribution < -0.4 is 14.5 Å². The minimum absolute atomic E-state index is 0.177. The second-order valence-corrected chi connectivity index (χ2v) is 14.9. The number of carbonyl (C=O) groups is 1. The van der Waals surface area contributed by atoms with Gasteiger partial charge in [0.1, 0.15) is 11.4 Å². The van der Waals surface area contributed by atoms with E-state index < -0.39 is 5.60 Å². The largest absolute Gasteiger partial charge is 0.463 e. The summed E-state index contributed by atoms with van der Waals surface area (Å²) in [7, 11) is 2.24. The molecule has 2 aromatic carbocycles. The molecule has 1 aliphatic carbocycles. The number of hydrogen-bond donors (Lipinski definition) is 0. The third-order valence-electron chi connectivity index (χ3n) is 10.5. The number of amides is 1. The van der Waals surface area contributed by atoms with Crippen molar-refractivity contribution < 1.29 is 14.3 Å². The minimum Gasteiger partial charge on any atom is -0.463 e. The molecular weight excluding hydrogens is 590 g/mol. The third kappa shape index (κ3) is 6.42. The molecule has 1 saturated carbocycles. The summed E-state index contributed by atoms with van der Waals surface area (Å²) >= 11 is 0. The topological polar surface area (TPSA) is 98.1 Å². The van der Waals surface area contributed by atoms with E-state index in [1.54, 1.807) is 4.90 Å². The summed E-state index contributed by atoms with van der Waals surface area (Å²) in [6.07, 6.45) is 5.46. The molecule has 0 spiro atoms. The highest BCUT2D eigenvalue weighted by atomic mass is 16.6. The number of rotatable bonds is 7. The fourth-order valence-electron chi connectivity index (χ4n) is 7.92. The van der Waals surface area contributed by atoms with Gasteiger partial charge in [-0.15, -0.1) is 0 Å². The maximum atomic E-state index is 13.1. The molecule has 3 aliphatic heterocycles. The molecule has 248 valence electrons. The van der Waals surface area contributed by atoms with Crippen molar-refractivity contribution >= 4 is 28.4 Å². The molecule has 4 aliphatic rings. The first-order valence-electron chi connectivity index (χ1n) is 17.2. The fraction of sp³-hybridized carbons (Fsp3) is 0.568. The van der Waals surface area contributed by atoms with Crippen LogP contribution in [0.1, 0.15) is 64.1 Å².